The van der Waals surface area contributed by atoms with E-state index in [1.807, 2.05) is 6.92 Å². The molecule has 4 unspecified atom stereocenters. The van der Waals surface area contributed by atoms with Crippen LogP contribution in [0.3, 0.4) is 0 Å². The Hall–Kier alpha value is -1.26. The van der Waals surface area contributed by atoms with Gasteiger partial charge in [-0.05, 0) is 31.1 Å². The second-order valence-corrected chi connectivity index (χ2v) is 6.12. The standard InChI is InChI=1S/C14H24N2O3/c1-3-4-10-6-12(10)15-14(19)16-7-9(2)5-11(8-16)13(17)18/h9-12H,3-8H2,1-2H3,(H,15,19)(H,17,18). The van der Waals surface area contributed by atoms with Crippen molar-refractivity contribution in [3.63, 3.8) is 0 Å². The van der Waals surface area contributed by atoms with Crippen LogP contribution in [0.5, 0.6) is 0 Å². The number of urea groups is 1. The first-order chi connectivity index (χ1) is 9.01. The van der Waals surface area contributed by atoms with Crippen LogP contribution >= 0.6 is 0 Å². The third-order valence-corrected chi connectivity index (χ3v) is 4.19. The monoisotopic (exact) mass is 268 g/mol. The molecule has 5 nitrogen and oxygen atoms in total. The summed E-state index contributed by atoms with van der Waals surface area (Å²) in [6.07, 6.45) is 4.06. The molecule has 0 bridgehead atoms. The normalized spacial score (nSPS) is 33.9. The molecular formula is C14H24N2O3. The topological polar surface area (TPSA) is 69.6 Å². The average molecular weight is 268 g/mol. The first-order valence-corrected chi connectivity index (χ1v) is 7.29. The molecule has 5 heteroatoms. The minimum atomic E-state index is -0.792. The second kappa shape index (κ2) is 5.80. The lowest BCUT2D eigenvalue weighted by Crippen LogP contribution is -2.50. The van der Waals surface area contributed by atoms with Gasteiger partial charge in [0.25, 0.3) is 0 Å². The third-order valence-electron chi connectivity index (χ3n) is 4.19. The summed E-state index contributed by atoms with van der Waals surface area (Å²) in [5.41, 5.74) is 0. The van der Waals surface area contributed by atoms with Gasteiger partial charge in [-0.2, -0.15) is 0 Å². The smallest absolute Gasteiger partial charge is 0.317 e. The van der Waals surface area contributed by atoms with Crippen LogP contribution in [-0.4, -0.2) is 41.1 Å². The van der Waals surface area contributed by atoms with Crippen molar-refractivity contribution in [1.82, 2.24) is 10.2 Å². The Morgan fingerprint density at radius 1 is 1.32 bits per heavy atom. The van der Waals surface area contributed by atoms with Crippen molar-refractivity contribution in [3.8, 4) is 0 Å². The maximum Gasteiger partial charge on any atom is 0.317 e. The van der Waals surface area contributed by atoms with E-state index in [4.69, 9.17) is 5.11 Å². The summed E-state index contributed by atoms with van der Waals surface area (Å²) in [6, 6.07) is 0.231. The Balaban J connectivity index is 1.83. The van der Waals surface area contributed by atoms with E-state index in [1.54, 1.807) is 4.90 Å². The molecule has 2 rings (SSSR count). The summed E-state index contributed by atoms with van der Waals surface area (Å²) in [7, 11) is 0. The van der Waals surface area contributed by atoms with Gasteiger partial charge < -0.3 is 15.3 Å². The molecule has 2 aliphatic rings. The predicted octanol–water partition coefficient (Wildman–Crippen LogP) is 1.93. The lowest BCUT2D eigenvalue weighted by molar-refractivity contribution is -0.143. The third kappa shape index (κ3) is 3.61. The molecular weight excluding hydrogens is 244 g/mol. The number of carboxylic acid groups (broad SMARTS) is 1. The maximum absolute atomic E-state index is 12.1. The molecule has 2 fully saturated rings. The van der Waals surface area contributed by atoms with Crippen molar-refractivity contribution >= 4 is 12.0 Å². The van der Waals surface area contributed by atoms with Crippen molar-refractivity contribution in [2.45, 2.75) is 45.6 Å². The number of piperidine rings is 1. The van der Waals surface area contributed by atoms with Crippen LogP contribution in [0.4, 0.5) is 4.79 Å². The number of likely N-dealkylation sites (tertiary alicyclic amines) is 1. The highest BCUT2D eigenvalue weighted by atomic mass is 16.4. The fourth-order valence-electron chi connectivity index (χ4n) is 3.06. The molecule has 0 spiro atoms. The van der Waals surface area contributed by atoms with E-state index in [9.17, 15) is 9.59 Å². The number of hydrogen-bond donors (Lipinski definition) is 2. The van der Waals surface area contributed by atoms with Crippen molar-refractivity contribution < 1.29 is 14.7 Å². The molecule has 108 valence electrons. The summed E-state index contributed by atoms with van der Waals surface area (Å²) in [6.45, 7) is 5.17. The number of carboxylic acids is 1. The Morgan fingerprint density at radius 3 is 2.68 bits per heavy atom. The number of rotatable bonds is 4. The highest BCUT2D eigenvalue weighted by Crippen LogP contribution is 2.34. The van der Waals surface area contributed by atoms with Crippen molar-refractivity contribution in [1.29, 1.82) is 0 Å². The molecule has 0 aromatic heterocycles. The molecule has 1 saturated heterocycles. The first kappa shape index (κ1) is 14.2. The van der Waals surface area contributed by atoms with Gasteiger partial charge >= 0.3 is 12.0 Å². The van der Waals surface area contributed by atoms with Crippen LogP contribution in [0.25, 0.3) is 0 Å². The van der Waals surface area contributed by atoms with Gasteiger partial charge in [0.15, 0.2) is 0 Å². The van der Waals surface area contributed by atoms with Crippen LogP contribution in [-0.2, 0) is 4.79 Å². The summed E-state index contributed by atoms with van der Waals surface area (Å²) >= 11 is 0. The summed E-state index contributed by atoms with van der Waals surface area (Å²) in [4.78, 5) is 24.9. The molecule has 0 radical (unpaired) electrons. The van der Waals surface area contributed by atoms with E-state index in [1.165, 1.54) is 6.42 Å². The summed E-state index contributed by atoms with van der Waals surface area (Å²) < 4.78 is 0. The van der Waals surface area contributed by atoms with E-state index < -0.39 is 11.9 Å². The molecule has 1 aliphatic carbocycles. The molecule has 2 N–H and O–H groups in total. The van der Waals surface area contributed by atoms with Gasteiger partial charge in [-0.1, -0.05) is 20.3 Å². The lowest BCUT2D eigenvalue weighted by atomic mass is 9.91. The maximum atomic E-state index is 12.1. The molecule has 19 heavy (non-hydrogen) atoms. The van der Waals surface area contributed by atoms with Gasteiger partial charge in [0.05, 0.1) is 5.92 Å². The highest BCUT2D eigenvalue weighted by Gasteiger charge is 2.39. The van der Waals surface area contributed by atoms with E-state index in [-0.39, 0.29) is 11.9 Å². The number of hydrogen-bond acceptors (Lipinski definition) is 2. The average Bonchev–Trinajstić information content (AvgIpc) is 3.06. The molecule has 0 aromatic carbocycles. The van der Waals surface area contributed by atoms with Gasteiger partial charge in [0, 0.05) is 19.1 Å². The van der Waals surface area contributed by atoms with Crippen molar-refractivity contribution in [2.24, 2.45) is 17.8 Å². The second-order valence-electron chi connectivity index (χ2n) is 6.12. The van der Waals surface area contributed by atoms with Crippen LogP contribution in [0, 0.1) is 17.8 Å². The fourth-order valence-corrected chi connectivity index (χ4v) is 3.06. The van der Waals surface area contributed by atoms with E-state index in [0.29, 0.717) is 31.5 Å². The predicted molar refractivity (Wildman–Crippen MR) is 71.8 cm³/mol. The Morgan fingerprint density at radius 2 is 2.05 bits per heavy atom. The zero-order valence-electron chi connectivity index (χ0n) is 11.8. The van der Waals surface area contributed by atoms with E-state index >= 15 is 0 Å². The number of aliphatic carboxylic acids is 1. The molecule has 4 atom stereocenters. The quantitative estimate of drug-likeness (QED) is 0.818. The number of nitrogens with zero attached hydrogens (tertiary/aromatic N) is 1. The minimum absolute atomic E-state index is 0.0820. The van der Waals surface area contributed by atoms with E-state index in [0.717, 1.165) is 12.8 Å². The van der Waals surface area contributed by atoms with Crippen molar-refractivity contribution in [2.75, 3.05) is 13.1 Å². The van der Waals surface area contributed by atoms with Gasteiger partial charge in [0.2, 0.25) is 0 Å². The Bertz CT molecular complexity index is 359. The van der Waals surface area contributed by atoms with Gasteiger partial charge in [-0.15, -0.1) is 0 Å². The zero-order valence-corrected chi connectivity index (χ0v) is 11.8. The number of carbonyl (C=O) groups is 2. The number of amides is 2. The number of nitrogens with one attached hydrogen (secondary N) is 1. The molecule has 0 aromatic rings. The van der Waals surface area contributed by atoms with Crippen LogP contribution in [0.2, 0.25) is 0 Å². The lowest BCUT2D eigenvalue weighted by Gasteiger charge is -2.34. The minimum Gasteiger partial charge on any atom is -0.481 e. The SMILES string of the molecule is CCCC1CC1NC(=O)N1CC(C)CC(C(=O)O)C1. The Kier molecular flexibility index (Phi) is 4.32. The first-order valence-electron chi connectivity index (χ1n) is 7.29. The van der Waals surface area contributed by atoms with Crippen LogP contribution < -0.4 is 5.32 Å². The largest absolute Gasteiger partial charge is 0.481 e. The van der Waals surface area contributed by atoms with Crippen LogP contribution in [0.15, 0.2) is 0 Å². The molecule has 1 saturated carbocycles. The van der Waals surface area contributed by atoms with Crippen LogP contribution in [0.1, 0.15) is 39.5 Å². The van der Waals surface area contributed by atoms with Crippen molar-refractivity contribution in [3.05, 3.63) is 0 Å². The summed E-state index contributed by atoms with van der Waals surface area (Å²) in [5.74, 6) is -0.322. The highest BCUT2D eigenvalue weighted by molar-refractivity contribution is 5.77. The van der Waals surface area contributed by atoms with Gasteiger partial charge in [-0.25, -0.2) is 4.79 Å². The van der Waals surface area contributed by atoms with Gasteiger partial charge in [-0.3, -0.25) is 4.79 Å². The Labute approximate surface area is 114 Å². The molecule has 1 aliphatic heterocycles. The molecule has 2 amide bonds. The fraction of sp³-hybridized carbons (Fsp3) is 0.857. The summed E-state index contributed by atoms with van der Waals surface area (Å²) in [5, 5.41) is 12.1. The number of carbonyl (C=O) groups excluding carboxylic acids is 1. The zero-order chi connectivity index (χ0) is 14.0. The molecule has 1 heterocycles. The van der Waals surface area contributed by atoms with E-state index in [2.05, 4.69) is 12.2 Å². The van der Waals surface area contributed by atoms with Gasteiger partial charge in [0.1, 0.15) is 0 Å².